The Hall–Kier alpha value is -2.81. The molecule has 0 aliphatic rings. The summed E-state index contributed by atoms with van der Waals surface area (Å²) in [5, 5.41) is 0. The minimum atomic E-state index is -4.39. The molecule has 0 heterocycles. The fourth-order valence-corrected chi connectivity index (χ4v) is 7.87. The molecular formula is C56H98NO8P. The molecule has 0 aliphatic heterocycles. The van der Waals surface area contributed by atoms with Crippen molar-refractivity contribution in [3.63, 3.8) is 0 Å². The van der Waals surface area contributed by atoms with Crippen LogP contribution in [-0.2, 0) is 32.7 Å². The van der Waals surface area contributed by atoms with Crippen LogP contribution in [0.15, 0.2) is 85.1 Å². The maximum absolute atomic E-state index is 12.7. The molecule has 0 saturated carbocycles. The molecule has 380 valence electrons. The molecule has 0 spiro atoms. The summed E-state index contributed by atoms with van der Waals surface area (Å²) in [4.78, 5) is 35.1. The summed E-state index contributed by atoms with van der Waals surface area (Å²) in [7, 11) is -4.39. The van der Waals surface area contributed by atoms with Crippen molar-refractivity contribution < 1.29 is 37.6 Å². The Balaban J connectivity index is 4.07. The van der Waals surface area contributed by atoms with Crippen molar-refractivity contribution in [1.29, 1.82) is 0 Å². The molecule has 0 aromatic carbocycles. The molecule has 0 rings (SSSR count). The molecule has 9 nitrogen and oxygen atoms in total. The lowest BCUT2D eigenvalue weighted by Crippen LogP contribution is -2.29. The van der Waals surface area contributed by atoms with Gasteiger partial charge in [0.15, 0.2) is 6.10 Å². The second kappa shape index (κ2) is 51.6. The summed E-state index contributed by atoms with van der Waals surface area (Å²) in [6, 6.07) is 0. The predicted molar refractivity (Wildman–Crippen MR) is 279 cm³/mol. The number of phosphoric acid groups is 1. The molecule has 3 N–H and O–H groups in total. The molecule has 0 aromatic rings. The smallest absolute Gasteiger partial charge is 0.462 e. The molecule has 2 atom stereocenters. The van der Waals surface area contributed by atoms with Crippen molar-refractivity contribution in [2.75, 3.05) is 26.4 Å². The van der Waals surface area contributed by atoms with E-state index in [2.05, 4.69) is 98.9 Å². The third kappa shape index (κ3) is 50.6. The number of rotatable bonds is 49. The van der Waals surface area contributed by atoms with Crippen LogP contribution in [0.5, 0.6) is 0 Å². The number of allylic oxidation sites excluding steroid dienone is 14. The number of carbonyl (C=O) groups is 2. The van der Waals surface area contributed by atoms with E-state index in [1.165, 1.54) is 96.3 Å². The highest BCUT2D eigenvalue weighted by Gasteiger charge is 2.26. The second-order valence-electron chi connectivity index (χ2n) is 17.4. The standard InChI is InChI=1S/C56H98NO8P/c1-3-5-7-9-11-13-15-17-19-21-23-24-25-26-27-28-29-30-31-33-35-37-39-41-43-45-47-49-56(59)65-54(53-64-66(60,61)63-51-50-57)52-62-55(58)48-46-44-42-40-38-36-34-32-22-20-18-16-14-12-10-8-6-4-2/h5,7,11,13,17,19-20,22-24,26-27,29-30,54H,3-4,6,8-10,12,14-16,18,21,25,28,31-53,57H2,1-2H3,(H,60,61)/b7-5-,13-11-,19-17-,22-20-,24-23-,27-26-,30-29-. The van der Waals surface area contributed by atoms with E-state index in [-0.39, 0.29) is 38.6 Å². The van der Waals surface area contributed by atoms with E-state index in [0.717, 1.165) is 96.3 Å². The highest BCUT2D eigenvalue weighted by atomic mass is 31.2. The van der Waals surface area contributed by atoms with Gasteiger partial charge in [0, 0.05) is 19.4 Å². The third-order valence-corrected chi connectivity index (χ3v) is 12.0. The predicted octanol–water partition coefficient (Wildman–Crippen LogP) is 16.3. The first kappa shape index (κ1) is 63.2. The average Bonchev–Trinajstić information content (AvgIpc) is 3.31. The van der Waals surface area contributed by atoms with Crippen molar-refractivity contribution >= 4 is 19.8 Å². The van der Waals surface area contributed by atoms with Crippen molar-refractivity contribution in [2.45, 2.75) is 232 Å². The van der Waals surface area contributed by atoms with Gasteiger partial charge in [-0.25, -0.2) is 4.57 Å². The zero-order valence-electron chi connectivity index (χ0n) is 42.2. The van der Waals surface area contributed by atoms with E-state index in [1.54, 1.807) is 0 Å². The Morgan fingerprint density at radius 3 is 1.26 bits per heavy atom. The van der Waals surface area contributed by atoms with Crippen LogP contribution in [0.25, 0.3) is 0 Å². The van der Waals surface area contributed by atoms with Gasteiger partial charge in [-0.05, 0) is 89.9 Å². The van der Waals surface area contributed by atoms with E-state index >= 15 is 0 Å². The van der Waals surface area contributed by atoms with Gasteiger partial charge in [-0.3, -0.25) is 18.6 Å². The molecule has 0 saturated heterocycles. The maximum atomic E-state index is 12.7. The summed E-state index contributed by atoms with van der Waals surface area (Å²) >= 11 is 0. The molecule has 0 aliphatic carbocycles. The lowest BCUT2D eigenvalue weighted by atomic mass is 10.1. The number of esters is 2. The van der Waals surface area contributed by atoms with Crippen molar-refractivity contribution in [3.8, 4) is 0 Å². The van der Waals surface area contributed by atoms with Crippen LogP contribution >= 0.6 is 7.82 Å². The fourth-order valence-electron chi connectivity index (χ4n) is 7.10. The van der Waals surface area contributed by atoms with Crippen LogP contribution in [0.3, 0.4) is 0 Å². The number of phosphoric ester groups is 1. The highest BCUT2D eigenvalue weighted by Crippen LogP contribution is 2.43. The van der Waals surface area contributed by atoms with Crippen LogP contribution in [0.2, 0.25) is 0 Å². The number of carbonyl (C=O) groups excluding carboxylic acids is 2. The van der Waals surface area contributed by atoms with Crippen LogP contribution < -0.4 is 5.73 Å². The largest absolute Gasteiger partial charge is 0.472 e. The molecule has 2 unspecified atom stereocenters. The molecular weight excluding hydrogens is 846 g/mol. The van der Waals surface area contributed by atoms with Crippen LogP contribution in [0.4, 0.5) is 0 Å². The Morgan fingerprint density at radius 1 is 0.470 bits per heavy atom. The molecule has 0 aromatic heterocycles. The Kier molecular flexibility index (Phi) is 49.4. The molecule has 0 fully saturated rings. The first-order chi connectivity index (χ1) is 32.3. The van der Waals surface area contributed by atoms with Gasteiger partial charge in [-0.1, -0.05) is 208 Å². The Morgan fingerprint density at radius 2 is 0.833 bits per heavy atom. The van der Waals surface area contributed by atoms with E-state index < -0.39 is 26.5 Å². The number of hydrogen-bond donors (Lipinski definition) is 2. The first-order valence-electron chi connectivity index (χ1n) is 26.6. The number of unbranched alkanes of at least 4 members (excludes halogenated alkanes) is 22. The molecule has 0 bridgehead atoms. The van der Waals surface area contributed by atoms with E-state index in [1.807, 2.05) is 0 Å². The number of nitrogens with two attached hydrogens (primary N) is 1. The summed E-state index contributed by atoms with van der Waals surface area (Å²) in [6.45, 7) is 3.61. The minimum absolute atomic E-state index is 0.0477. The van der Waals surface area contributed by atoms with Crippen molar-refractivity contribution in [3.05, 3.63) is 85.1 Å². The molecule has 10 heteroatoms. The third-order valence-electron chi connectivity index (χ3n) is 11.0. The van der Waals surface area contributed by atoms with Gasteiger partial charge in [-0.2, -0.15) is 0 Å². The highest BCUT2D eigenvalue weighted by molar-refractivity contribution is 7.47. The van der Waals surface area contributed by atoms with Crippen molar-refractivity contribution in [1.82, 2.24) is 0 Å². The first-order valence-corrected chi connectivity index (χ1v) is 28.1. The maximum Gasteiger partial charge on any atom is 0.472 e. The molecule has 0 radical (unpaired) electrons. The topological polar surface area (TPSA) is 134 Å². The second-order valence-corrected chi connectivity index (χ2v) is 18.8. The lowest BCUT2D eigenvalue weighted by molar-refractivity contribution is -0.161. The van der Waals surface area contributed by atoms with E-state index in [9.17, 15) is 19.0 Å². The van der Waals surface area contributed by atoms with Crippen LogP contribution in [0, 0.1) is 0 Å². The summed E-state index contributed by atoms with van der Waals surface area (Å²) in [6.07, 6.45) is 66.2. The quantitative estimate of drug-likeness (QED) is 0.0265. The number of ether oxygens (including phenoxy) is 2. The Bertz CT molecular complexity index is 1350. The molecule has 0 amide bonds. The van der Waals surface area contributed by atoms with Gasteiger partial charge >= 0.3 is 19.8 Å². The zero-order valence-corrected chi connectivity index (χ0v) is 43.0. The van der Waals surface area contributed by atoms with Gasteiger partial charge in [0.25, 0.3) is 0 Å². The van der Waals surface area contributed by atoms with Gasteiger partial charge in [0.1, 0.15) is 6.61 Å². The molecule has 66 heavy (non-hydrogen) atoms. The van der Waals surface area contributed by atoms with Crippen LogP contribution in [0.1, 0.15) is 226 Å². The summed E-state index contributed by atoms with van der Waals surface area (Å²) < 4.78 is 33.0. The zero-order chi connectivity index (χ0) is 48.1. The summed E-state index contributed by atoms with van der Waals surface area (Å²) in [5.74, 6) is -0.844. The Labute approximate surface area is 404 Å². The van der Waals surface area contributed by atoms with Gasteiger partial charge in [0.05, 0.1) is 13.2 Å². The minimum Gasteiger partial charge on any atom is -0.462 e. The van der Waals surface area contributed by atoms with Crippen LogP contribution in [-0.4, -0.2) is 49.3 Å². The van der Waals surface area contributed by atoms with E-state index in [0.29, 0.717) is 6.42 Å². The SMILES string of the molecule is CC/C=C\C/C=C\C/C=C\C/C=C\C/C=C\C/C=C\CCCCCCCCCCC(=O)OC(COC(=O)CCCCCCCCC/C=C\CCCCCCCCC)COP(=O)(O)OCCN. The number of hydrogen-bond acceptors (Lipinski definition) is 8. The van der Waals surface area contributed by atoms with Gasteiger partial charge < -0.3 is 20.1 Å². The average molecular weight is 944 g/mol. The monoisotopic (exact) mass is 944 g/mol. The summed E-state index contributed by atoms with van der Waals surface area (Å²) in [5.41, 5.74) is 5.37. The fraction of sp³-hybridized carbons (Fsp3) is 0.714. The van der Waals surface area contributed by atoms with E-state index in [4.69, 9.17) is 24.3 Å². The lowest BCUT2D eigenvalue weighted by Gasteiger charge is -2.19. The van der Waals surface area contributed by atoms with Crippen molar-refractivity contribution in [2.24, 2.45) is 5.73 Å². The van der Waals surface area contributed by atoms with Gasteiger partial charge in [0.2, 0.25) is 0 Å². The normalized spacial score (nSPS) is 13.8. The van der Waals surface area contributed by atoms with Gasteiger partial charge in [-0.15, -0.1) is 0 Å².